The van der Waals surface area contributed by atoms with Gasteiger partial charge in [-0.05, 0) is 47.1 Å². The Morgan fingerprint density at radius 2 is 2.11 bits per heavy atom. The maximum atomic E-state index is 10.8. The molecule has 0 fully saturated rings. The van der Waals surface area contributed by atoms with Crippen molar-refractivity contribution in [3.05, 3.63) is 31.9 Å². The summed E-state index contributed by atoms with van der Waals surface area (Å²) < 4.78 is 0.653. The van der Waals surface area contributed by atoms with E-state index in [1.165, 1.54) is 0 Å². The van der Waals surface area contributed by atoms with Gasteiger partial charge in [-0.3, -0.25) is 10.1 Å². The van der Waals surface area contributed by atoms with Crippen LogP contribution in [0.5, 0.6) is 0 Å². The molecule has 1 unspecified atom stereocenters. The molecule has 5 nitrogen and oxygen atoms in total. The first-order valence-electron chi connectivity index (χ1n) is 6.23. The highest BCUT2D eigenvalue weighted by molar-refractivity contribution is 14.1. The third-order valence-electron chi connectivity index (χ3n) is 3.22. The number of halogens is 1. The predicted octanol–water partition coefficient (Wildman–Crippen LogP) is 3.01. The average Bonchev–Trinajstić information content (AvgIpc) is 2.34. The van der Waals surface area contributed by atoms with Crippen LogP contribution >= 0.6 is 22.6 Å². The van der Waals surface area contributed by atoms with E-state index in [4.69, 9.17) is 5.73 Å². The summed E-state index contributed by atoms with van der Waals surface area (Å²) in [5, 5.41) is 10.8. The molecule has 0 saturated heterocycles. The number of nitrogens with zero attached hydrogens (tertiary/aromatic N) is 2. The molecular weight excluding hydrogens is 357 g/mol. The van der Waals surface area contributed by atoms with Gasteiger partial charge in [0.2, 0.25) is 0 Å². The minimum Gasteiger partial charge on any atom is -0.375 e. The van der Waals surface area contributed by atoms with Crippen molar-refractivity contribution in [2.24, 2.45) is 11.7 Å². The van der Waals surface area contributed by atoms with Gasteiger partial charge in [0, 0.05) is 31.4 Å². The fourth-order valence-corrected chi connectivity index (χ4v) is 2.38. The van der Waals surface area contributed by atoms with Gasteiger partial charge in [-0.15, -0.1) is 0 Å². The van der Waals surface area contributed by atoms with E-state index in [9.17, 15) is 10.1 Å². The van der Waals surface area contributed by atoms with E-state index < -0.39 is 0 Å². The normalized spacial score (nSPS) is 12.5. The molecule has 0 amide bonds. The molecule has 6 heteroatoms. The minimum absolute atomic E-state index is 0.150. The Morgan fingerprint density at radius 1 is 1.47 bits per heavy atom. The fourth-order valence-electron chi connectivity index (χ4n) is 1.69. The molecular formula is C13H20IN3O2. The van der Waals surface area contributed by atoms with Crippen molar-refractivity contribution >= 4 is 34.0 Å². The number of nitro benzene ring substituents is 1. The van der Waals surface area contributed by atoms with E-state index in [1.54, 1.807) is 12.1 Å². The molecule has 0 aromatic heterocycles. The number of nitro groups is 1. The smallest absolute Gasteiger partial charge is 0.282 e. The Balaban J connectivity index is 2.70. The van der Waals surface area contributed by atoms with Gasteiger partial charge in [0.25, 0.3) is 5.69 Å². The van der Waals surface area contributed by atoms with Gasteiger partial charge in [-0.1, -0.05) is 13.8 Å². The Hall–Kier alpha value is -0.890. The van der Waals surface area contributed by atoms with Crippen molar-refractivity contribution < 1.29 is 4.92 Å². The minimum atomic E-state index is -0.361. The molecule has 0 saturated carbocycles. The zero-order valence-corrected chi connectivity index (χ0v) is 13.6. The highest BCUT2D eigenvalue weighted by Gasteiger charge is 2.14. The van der Waals surface area contributed by atoms with Gasteiger partial charge in [0.1, 0.15) is 0 Å². The topological polar surface area (TPSA) is 72.4 Å². The second kappa shape index (κ2) is 7.04. The molecule has 1 aromatic rings. The number of nitrogens with two attached hydrogens (primary N) is 1. The lowest BCUT2D eigenvalue weighted by atomic mass is 10.0. The zero-order chi connectivity index (χ0) is 14.6. The summed E-state index contributed by atoms with van der Waals surface area (Å²) >= 11 is 1.99. The van der Waals surface area contributed by atoms with E-state index >= 15 is 0 Å². The van der Waals surface area contributed by atoms with Gasteiger partial charge in [0.05, 0.1) is 8.49 Å². The molecule has 19 heavy (non-hydrogen) atoms. The largest absolute Gasteiger partial charge is 0.375 e. The Kier molecular flexibility index (Phi) is 5.99. The molecule has 1 rings (SSSR count). The molecule has 0 aliphatic rings. The summed E-state index contributed by atoms with van der Waals surface area (Å²) in [6.45, 7) is 5.06. The molecule has 0 aliphatic carbocycles. The Labute approximate surface area is 127 Å². The Morgan fingerprint density at radius 3 is 2.58 bits per heavy atom. The third kappa shape index (κ3) is 4.61. The van der Waals surface area contributed by atoms with E-state index in [-0.39, 0.29) is 16.7 Å². The van der Waals surface area contributed by atoms with Gasteiger partial charge < -0.3 is 10.6 Å². The summed E-state index contributed by atoms with van der Waals surface area (Å²) in [4.78, 5) is 12.5. The van der Waals surface area contributed by atoms with Crippen molar-refractivity contribution in [1.29, 1.82) is 0 Å². The predicted molar refractivity (Wildman–Crippen MR) is 86.5 cm³/mol. The SMILES string of the molecule is CC(C)C(N)CCN(C)c1ccc([N+](=O)[O-])c(I)c1. The summed E-state index contributed by atoms with van der Waals surface area (Å²) in [5.41, 5.74) is 7.15. The molecule has 1 atom stereocenters. The highest BCUT2D eigenvalue weighted by Crippen LogP contribution is 2.26. The van der Waals surface area contributed by atoms with E-state index in [1.807, 2.05) is 35.7 Å². The van der Waals surface area contributed by atoms with Crippen molar-refractivity contribution in [1.82, 2.24) is 0 Å². The lowest BCUT2D eigenvalue weighted by Gasteiger charge is -2.23. The van der Waals surface area contributed by atoms with Crippen molar-refractivity contribution in [3.63, 3.8) is 0 Å². The van der Waals surface area contributed by atoms with Gasteiger partial charge >= 0.3 is 0 Å². The van der Waals surface area contributed by atoms with E-state index in [2.05, 4.69) is 18.7 Å². The number of rotatable bonds is 6. The van der Waals surface area contributed by atoms with E-state index in [0.29, 0.717) is 9.49 Å². The molecule has 1 aromatic carbocycles. The number of benzene rings is 1. The quantitative estimate of drug-likeness (QED) is 0.470. The number of hydrogen-bond acceptors (Lipinski definition) is 4. The first kappa shape index (κ1) is 16.2. The van der Waals surface area contributed by atoms with Crippen molar-refractivity contribution in [2.45, 2.75) is 26.3 Å². The highest BCUT2D eigenvalue weighted by atomic mass is 127. The van der Waals surface area contributed by atoms with Gasteiger partial charge in [-0.25, -0.2) is 0 Å². The lowest BCUT2D eigenvalue weighted by molar-refractivity contribution is -0.385. The van der Waals surface area contributed by atoms with Crippen molar-refractivity contribution in [2.75, 3.05) is 18.5 Å². The van der Waals surface area contributed by atoms with Crippen LogP contribution in [0.4, 0.5) is 11.4 Å². The monoisotopic (exact) mass is 377 g/mol. The summed E-state index contributed by atoms with van der Waals surface area (Å²) in [6, 6.07) is 5.34. The van der Waals surface area contributed by atoms with Crippen LogP contribution in [0.15, 0.2) is 18.2 Å². The Bertz CT molecular complexity index is 452. The van der Waals surface area contributed by atoms with E-state index in [0.717, 1.165) is 18.7 Å². The molecule has 0 spiro atoms. The molecule has 0 bridgehead atoms. The number of anilines is 1. The standard InChI is InChI=1S/C13H20IN3O2/c1-9(2)12(15)6-7-16(3)10-4-5-13(17(18)19)11(14)8-10/h4-5,8-9,12H,6-7,15H2,1-3H3. The third-order valence-corrected chi connectivity index (χ3v) is 4.09. The van der Waals surface area contributed by atoms with Crippen LogP contribution < -0.4 is 10.6 Å². The second-order valence-electron chi connectivity index (χ2n) is 5.01. The van der Waals surface area contributed by atoms with Crippen LogP contribution in [0.25, 0.3) is 0 Å². The molecule has 0 heterocycles. The summed E-state index contributed by atoms with van der Waals surface area (Å²) in [6.07, 6.45) is 0.904. The summed E-state index contributed by atoms with van der Waals surface area (Å²) in [5.74, 6) is 0.463. The van der Waals surface area contributed by atoms with Gasteiger partial charge in [0.15, 0.2) is 0 Å². The molecule has 106 valence electrons. The maximum absolute atomic E-state index is 10.8. The maximum Gasteiger partial charge on any atom is 0.282 e. The zero-order valence-electron chi connectivity index (χ0n) is 11.5. The first-order chi connectivity index (χ1) is 8.82. The van der Waals surface area contributed by atoms with Crippen LogP contribution in [0, 0.1) is 19.6 Å². The van der Waals surface area contributed by atoms with Crippen LogP contribution in [-0.2, 0) is 0 Å². The van der Waals surface area contributed by atoms with Crippen LogP contribution in [0.3, 0.4) is 0 Å². The second-order valence-corrected chi connectivity index (χ2v) is 6.17. The molecule has 0 radical (unpaired) electrons. The molecule has 2 N–H and O–H groups in total. The first-order valence-corrected chi connectivity index (χ1v) is 7.31. The summed E-state index contributed by atoms with van der Waals surface area (Å²) in [7, 11) is 1.98. The molecule has 0 aliphatic heterocycles. The van der Waals surface area contributed by atoms with Crippen molar-refractivity contribution in [3.8, 4) is 0 Å². The van der Waals surface area contributed by atoms with Crippen LogP contribution in [0.1, 0.15) is 20.3 Å². The van der Waals surface area contributed by atoms with Crippen LogP contribution in [0.2, 0.25) is 0 Å². The lowest BCUT2D eigenvalue weighted by Crippen LogP contribution is -2.31. The average molecular weight is 377 g/mol. The number of hydrogen-bond donors (Lipinski definition) is 1. The van der Waals surface area contributed by atoms with Gasteiger partial charge in [-0.2, -0.15) is 0 Å². The fraction of sp³-hybridized carbons (Fsp3) is 0.538. The van der Waals surface area contributed by atoms with Crippen LogP contribution in [-0.4, -0.2) is 24.6 Å².